The summed E-state index contributed by atoms with van der Waals surface area (Å²) in [6, 6.07) is 5.20. The van der Waals surface area contributed by atoms with Crippen molar-refractivity contribution in [1.29, 1.82) is 0 Å². The van der Waals surface area contributed by atoms with Crippen LogP contribution < -0.4 is 5.32 Å². The smallest absolute Gasteiger partial charge is 0.128 e. The number of hydrogen-bond acceptors (Lipinski definition) is 3. The molecule has 1 heterocycles. The molecule has 0 radical (unpaired) electrons. The first-order chi connectivity index (χ1) is 9.69. The molecule has 0 saturated heterocycles. The van der Waals surface area contributed by atoms with E-state index in [1.54, 1.807) is 23.5 Å². The van der Waals surface area contributed by atoms with Crippen molar-refractivity contribution in [2.45, 2.75) is 31.7 Å². The molecule has 1 unspecified atom stereocenters. The number of nitrogens with zero attached hydrogens (tertiary/aromatic N) is 1. The fourth-order valence-corrected chi connectivity index (χ4v) is 4.17. The molecule has 0 spiro atoms. The van der Waals surface area contributed by atoms with Gasteiger partial charge in [0, 0.05) is 27.9 Å². The monoisotopic (exact) mass is 310 g/mol. The normalized spacial score (nSPS) is 18.1. The number of benzene rings is 1. The van der Waals surface area contributed by atoms with E-state index in [0.29, 0.717) is 23.0 Å². The molecule has 5 heteroatoms. The van der Waals surface area contributed by atoms with E-state index in [-0.39, 0.29) is 5.82 Å². The highest BCUT2D eigenvalue weighted by Crippen LogP contribution is 2.35. The molecule has 2 nitrogen and oxygen atoms in total. The fourth-order valence-electron chi connectivity index (χ4n) is 2.67. The predicted molar refractivity (Wildman–Crippen MR) is 81.1 cm³/mol. The second-order valence-corrected chi connectivity index (χ2v) is 6.55. The van der Waals surface area contributed by atoms with E-state index in [0.717, 1.165) is 24.3 Å². The Morgan fingerprint density at radius 3 is 3.10 bits per heavy atom. The number of halogens is 2. The number of hydrogen-bond donors (Lipinski definition) is 1. The molecule has 0 bridgehead atoms. The van der Waals surface area contributed by atoms with Gasteiger partial charge in [-0.25, -0.2) is 9.37 Å². The predicted octanol–water partition coefficient (Wildman–Crippen LogP) is 4.12. The zero-order valence-electron chi connectivity index (χ0n) is 11.2. The van der Waals surface area contributed by atoms with Crippen molar-refractivity contribution < 1.29 is 4.39 Å². The van der Waals surface area contributed by atoms with E-state index in [1.807, 2.05) is 7.05 Å². The van der Waals surface area contributed by atoms with Crippen LogP contribution in [0.3, 0.4) is 0 Å². The Balaban J connectivity index is 1.91. The summed E-state index contributed by atoms with van der Waals surface area (Å²) in [7, 11) is 1.98. The number of thiazole rings is 1. The van der Waals surface area contributed by atoms with Gasteiger partial charge in [0.2, 0.25) is 0 Å². The third-order valence-corrected chi connectivity index (χ3v) is 5.30. The molecular weight excluding hydrogens is 295 g/mol. The highest BCUT2D eigenvalue weighted by Gasteiger charge is 2.23. The first kappa shape index (κ1) is 14.0. The molecule has 0 amide bonds. The van der Waals surface area contributed by atoms with Gasteiger partial charge in [0.25, 0.3) is 0 Å². The summed E-state index contributed by atoms with van der Waals surface area (Å²) in [5.74, 6) is -0.254. The van der Waals surface area contributed by atoms with Crippen molar-refractivity contribution in [3.8, 4) is 0 Å². The van der Waals surface area contributed by atoms with Gasteiger partial charge in [-0.15, -0.1) is 11.3 Å². The number of nitrogens with one attached hydrogen (secondary N) is 1. The third kappa shape index (κ3) is 2.60. The van der Waals surface area contributed by atoms with E-state index in [2.05, 4.69) is 10.3 Å². The molecule has 0 saturated carbocycles. The lowest BCUT2D eigenvalue weighted by atomic mass is 9.98. The van der Waals surface area contributed by atoms with Crippen LogP contribution in [0.5, 0.6) is 0 Å². The zero-order chi connectivity index (χ0) is 14.1. The average molecular weight is 311 g/mol. The molecule has 2 aromatic rings. The quantitative estimate of drug-likeness (QED) is 0.922. The molecule has 1 aromatic carbocycles. The molecule has 1 aromatic heterocycles. The van der Waals surface area contributed by atoms with E-state index >= 15 is 0 Å². The largest absolute Gasteiger partial charge is 0.312 e. The van der Waals surface area contributed by atoms with E-state index < -0.39 is 0 Å². The van der Waals surface area contributed by atoms with Crippen molar-refractivity contribution in [3.05, 3.63) is 50.2 Å². The Labute approximate surface area is 127 Å². The van der Waals surface area contributed by atoms with E-state index in [4.69, 9.17) is 11.6 Å². The van der Waals surface area contributed by atoms with Crippen LogP contribution >= 0.6 is 22.9 Å². The minimum absolute atomic E-state index is 0.254. The molecule has 1 aliphatic rings. The average Bonchev–Trinajstić information content (AvgIpc) is 2.85. The van der Waals surface area contributed by atoms with E-state index in [1.165, 1.54) is 16.6 Å². The van der Waals surface area contributed by atoms with Gasteiger partial charge in [0.05, 0.1) is 10.7 Å². The maximum atomic E-state index is 13.8. The van der Waals surface area contributed by atoms with Gasteiger partial charge in [-0.1, -0.05) is 17.7 Å². The lowest BCUT2D eigenvalue weighted by Gasteiger charge is -2.20. The Kier molecular flexibility index (Phi) is 4.06. The van der Waals surface area contributed by atoms with Crippen LogP contribution in [0, 0.1) is 5.82 Å². The number of aryl methyl sites for hydroxylation is 1. The molecule has 1 atom stereocenters. The second-order valence-electron chi connectivity index (χ2n) is 5.03. The third-order valence-electron chi connectivity index (χ3n) is 3.73. The van der Waals surface area contributed by atoms with Gasteiger partial charge < -0.3 is 5.32 Å². The summed E-state index contributed by atoms with van der Waals surface area (Å²) >= 11 is 7.77. The van der Waals surface area contributed by atoms with Crippen molar-refractivity contribution in [2.24, 2.45) is 0 Å². The van der Waals surface area contributed by atoms with E-state index in [9.17, 15) is 4.39 Å². The van der Waals surface area contributed by atoms with Gasteiger partial charge in [-0.2, -0.15) is 0 Å². The van der Waals surface area contributed by atoms with Crippen LogP contribution in [-0.2, 0) is 12.8 Å². The van der Waals surface area contributed by atoms with Crippen LogP contribution in [0.4, 0.5) is 4.39 Å². The zero-order valence-corrected chi connectivity index (χ0v) is 12.8. The Morgan fingerprint density at radius 1 is 1.50 bits per heavy atom. The molecule has 106 valence electrons. The summed E-state index contributed by atoms with van der Waals surface area (Å²) in [4.78, 5) is 5.99. The Bertz CT molecular complexity index is 606. The first-order valence-corrected chi connectivity index (χ1v) is 7.97. The molecule has 0 aliphatic heterocycles. The molecule has 0 fully saturated rings. The van der Waals surface area contributed by atoms with Gasteiger partial charge in [-0.05, 0) is 38.4 Å². The lowest BCUT2D eigenvalue weighted by Crippen LogP contribution is -2.19. The number of rotatable bonds is 3. The van der Waals surface area contributed by atoms with Crippen LogP contribution in [0.2, 0.25) is 5.02 Å². The Hall–Kier alpha value is -0.970. The maximum Gasteiger partial charge on any atom is 0.128 e. The standard InChI is InChI=1S/C15H16ClFN2S/c1-18-12-6-3-7-13-15(12)20-14(19-13)8-9-10(16)4-2-5-11(9)17/h2,4-5,12,18H,3,6-8H2,1H3. The first-order valence-electron chi connectivity index (χ1n) is 6.77. The topological polar surface area (TPSA) is 24.9 Å². The van der Waals surface area contributed by atoms with Gasteiger partial charge in [-0.3, -0.25) is 0 Å². The van der Waals surface area contributed by atoms with Crippen molar-refractivity contribution in [3.63, 3.8) is 0 Å². The van der Waals surface area contributed by atoms with Crippen molar-refractivity contribution >= 4 is 22.9 Å². The minimum atomic E-state index is -0.254. The Morgan fingerprint density at radius 2 is 2.35 bits per heavy atom. The summed E-state index contributed by atoms with van der Waals surface area (Å²) in [5.41, 5.74) is 1.71. The molecular formula is C15H16ClFN2S. The van der Waals surface area contributed by atoms with Gasteiger partial charge in [0.15, 0.2) is 0 Å². The number of aromatic nitrogens is 1. The maximum absolute atomic E-state index is 13.8. The van der Waals surface area contributed by atoms with Crippen molar-refractivity contribution in [1.82, 2.24) is 10.3 Å². The summed E-state index contributed by atoms with van der Waals surface area (Å²) in [5, 5.41) is 4.75. The molecule has 1 aliphatic carbocycles. The summed E-state index contributed by atoms with van der Waals surface area (Å²) < 4.78 is 13.8. The SMILES string of the molecule is CNC1CCCc2nc(Cc3c(F)cccc3Cl)sc21. The lowest BCUT2D eigenvalue weighted by molar-refractivity contribution is 0.501. The highest BCUT2D eigenvalue weighted by molar-refractivity contribution is 7.11. The van der Waals surface area contributed by atoms with Crippen LogP contribution in [0.25, 0.3) is 0 Å². The van der Waals surface area contributed by atoms with Crippen LogP contribution in [-0.4, -0.2) is 12.0 Å². The molecule has 20 heavy (non-hydrogen) atoms. The van der Waals surface area contributed by atoms with Crippen LogP contribution in [0.15, 0.2) is 18.2 Å². The fraction of sp³-hybridized carbons (Fsp3) is 0.400. The summed E-state index contributed by atoms with van der Waals surface area (Å²) in [6.45, 7) is 0. The highest BCUT2D eigenvalue weighted by atomic mass is 35.5. The van der Waals surface area contributed by atoms with Gasteiger partial charge >= 0.3 is 0 Å². The second kappa shape index (κ2) is 5.80. The number of fused-ring (bicyclic) bond motifs is 1. The van der Waals surface area contributed by atoms with Crippen molar-refractivity contribution in [2.75, 3.05) is 7.05 Å². The molecule has 3 rings (SSSR count). The van der Waals surface area contributed by atoms with Gasteiger partial charge in [0.1, 0.15) is 5.82 Å². The molecule has 1 N–H and O–H groups in total. The minimum Gasteiger partial charge on any atom is -0.312 e. The summed E-state index contributed by atoms with van der Waals surface area (Å²) in [6.07, 6.45) is 3.79. The van der Waals surface area contributed by atoms with Crippen LogP contribution in [0.1, 0.15) is 40.0 Å².